The summed E-state index contributed by atoms with van der Waals surface area (Å²) < 4.78 is 0. The fraction of sp³-hybridized carbons (Fsp3) is 0.857. The van der Waals surface area contributed by atoms with Crippen molar-refractivity contribution in [2.45, 2.75) is 56.5 Å². The molecule has 1 aliphatic carbocycles. The maximum absolute atomic E-state index is 12.2. The minimum atomic E-state index is -0.310. The minimum Gasteiger partial charge on any atom is -0.344 e. The summed E-state index contributed by atoms with van der Waals surface area (Å²) in [5.41, 5.74) is -0.0596. The van der Waals surface area contributed by atoms with Gasteiger partial charge in [-0.15, -0.1) is 0 Å². The van der Waals surface area contributed by atoms with Crippen LogP contribution in [0.2, 0.25) is 0 Å². The number of nitrogens with one attached hydrogen (secondary N) is 2. The van der Waals surface area contributed by atoms with Crippen molar-refractivity contribution in [1.29, 1.82) is 0 Å². The molecular weight excluding hydrogens is 242 g/mol. The van der Waals surface area contributed by atoms with E-state index in [0.29, 0.717) is 6.42 Å². The van der Waals surface area contributed by atoms with E-state index in [9.17, 15) is 9.59 Å². The van der Waals surface area contributed by atoms with E-state index < -0.39 is 0 Å². The molecule has 0 aromatic heterocycles. The second-order valence-corrected chi connectivity index (χ2v) is 5.94. The summed E-state index contributed by atoms with van der Waals surface area (Å²) in [6.07, 6.45) is 6.94. The van der Waals surface area contributed by atoms with Crippen LogP contribution in [0.3, 0.4) is 0 Å². The smallest absolute Gasteiger partial charge is 0.244 e. The molecule has 0 spiro atoms. The highest BCUT2D eigenvalue weighted by molar-refractivity contribution is 5.89. The van der Waals surface area contributed by atoms with Crippen LogP contribution in [0.5, 0.6) is 0 Å². The van der Waals surface area contributed by atoms with Gasteiger partial charge in [-0.25, -0.2) is 0 Å². The maximum atomic E-state index is 12.2. The summed E-state index contributed by atoms with van der Waals surface area (Å²) in [6.45, 7) is 0.737. The number of carbonyl (C=O) groups excluding carboxylic acids is 2. The van der Waals surface area contributed by atoms with Gasteiger partial charge in [0.2, 0.25) is 11.8 Å². The Morgan fingerprint density at radius 1 is 1.37 bits per heavy atom. The van der Waals surface area contributed by atoms with Gasteiger partial charge in [0.1, 0.15) is 6.04 Å². The number of likely N-dealkylation sites (tertiary alicyclic amines) is 1. The summed E-state index contributed by atoms with van der Waals surface area (Å²) in [6, 6.07) is -0.310. The molecule has 0 radical (unpaired) electrons. The van der Waals surface area contributed by atoms with Gasteiger partial charge in [0.05, 0.1) is 0 Å². The van der Waals surface area contributed by atoms with Crippen LogP contribution in [0.4, 0.5) is 0 Å². The Kier molecular flexibility index (Phi) is 4.45. The second-order valence-electron chi connectivity index (χ2n) is 5.94. The number of carbonyl (C=O) groups is 2. The van der Waals surface area contributed by atoms with Gasteiger partial charge in [0.25, 0.3) is 0 Å². The molecule has 1 saturated carbocycles. The van der Waals surface area contributed by atoms with Crippen LogP contribution in [-0.4, -0.2) is 48.9 Å². The highest BCUT2D eigenvalue weighted by Crippen LogP contribution is 2.30. The fourth-order valence-corrected chi connectivity index (χ4v) is 3.25. The van der Waals surface area contributed by atoms with E-state index in [-0.39, 0.29) is 23.4 Å². The molecule has 1 unspecified atom stereocenters. The molecule has 2 N–H and O–H groups in total. The number of likely N-dealkylation sites (N-methyl/N-ethyl adjacent to an activating group) is 1. The standard InChI is InChI=1S/C14H25N3O2/c1-15-14(7-4-3-5-8-14)10-12(18)16-11-6-9-17(2)13(11)19/h11,15H,3-10H2,1-2H3,(H,16,18). The Balaban J connectivity index is 1.88. The SMILES string of the molecule is CNC1(CC(=O)NC2CCN(C)C2=O)CCCCC1. The van der Waals surface area contributed by atoms with E-state index in [1.54, 1.807) is 11.9 Å². The first-order valence-electron chi connectivity index (χ1n) is 7.30. The van der Waals surface area contributed by atoms with E-state index in [1.165, 1.54) is 19.3 Å². The molecule has 5 heteroatoms. The Bertz CT molecular complexity index is 351. The predicted octanol–water partition coefficient (Wildman–Crippen LogP) is 0.646. The third kappa shape index (κ3) is 3.26. The summed E-state index contributed by atoms with van der Waals surface area (Å²) in [7, 11) is 3.72. The van der Waals surface area contributed by atoms with Gasteiger partial charge in [-0.1, -0.05) is 19.3 Å². The highest BCUT2D eigenvalue weighted by atomic mass is 16.2. The van der Waals surface area contributed by atoms with Gasteiger partial charge < -0.3 is 15.5 Å². The molecule has 0 aromatic rings. The largest absolute Gasteiger partial charge is 0.344 e. The maximum Gasteiger partial charge on any atom is 0.244 e. The number of rotatable bonds is 4. The topological polar surface area (TPSA) is 61.4 Å². The van der Waals surface area contributed by atoms with Crippen LogP contribution >= 0.6 is 0 Å². The fourth-order valence-electron chi connectivity index (χ4n) is 3.25. The molecule has 2 rings (SSSR count). The minimum absolute atomic E-state index is 0.00454. The van der Waals surface area contributed by atoms with Gasteiger partial charge in [-0.2, -0.15) is 0 Å². The third-order valence-electron chi connectivity index (χ3n) is 4.60. The zero-order valence-electron chi connectivity index (χ0n) is 12.0. The van der Waals surface area contributed by atoms with E-state index >= 15 is 0 Å². The van der Waals surface area contributed by atoms with Gasteiger partial charge in [-0.05, 0) is 26.3 Å². The zero-order chi connectivity index (χ0) is 13.9. The number of nitrogens with zero attached hydrogens (tertiary/aromatic N) is 1. The van der Waals surface area contributed by atoms with E-state index in [2.05, 4.69) is 10.6 Å². The molecule has 1 saturated heterocycles. The van der Waals surface area contributed by atoms with Crippen molar-refractivity contribution in [2.24, 2.45) is 0 Å². The van der Waals surface area contributed by atoms with Crippen molar-refractivity contribution in [2.75, 3.05) is 20.6 Å². The summed E-state index contributed by atoms with van der Waals surface area (Å²) >= 11 is 0. The lowest BCUT2D eigenvalue weighted by Gasteiger charge is -2.36. The van der Waals surface area contributed by atoms with Crippen molar-refractivity contribution >= 4 is 11.8 Å². The number of hydrogen-bond donors (Lipinski definition) is 2. The molecule has 2 amide bonds. The predicted molar refractivity (Wildman–Crippen MR) is 73.7 cm³/mol. The number of hydrogen-bond acceptors (Lipinski definition) is 3. The van der Waals surface area contributed by atoms with Gasteiger partial charge >= 0.3 is 0 Å². The Labute approximate surface area is 115 Å². The first-order chi connectivity index (χ1) is 9.06. The second kappa shape index (κ2) is 5.90. The lowest BCUT2D eigenvalue weighted by molar-refractivity contribution is -0.132. The van der Waals surface area contributed by atoms with Crippen molar-refractivity contribution in [3.05, 3.63) is 0 Å². The van der Waals surface area contributed by atoms with Gasteiger partial charge in [0, 0.05) is 25.6 Å². The van der Waals surface area contributed by atoms with Gasteiger partial charge in [0.15, 0.2) is 0 Å². The number of amides is 2. The van der Waals surface area contributed by atoms with Crippen LogP contribution in [0.25, 0.3) is 0 Å². The first kappa shape index (κ1) is 14.3. The molecule has 2 fully saturated rings. The van der Waals surface area contributed by atoms with Crippen molar-refractivity contribution in [1.82, 2.24) is 15.5 Å². The molecule has 19 heavy (non-hydrogen) atoms. The molecule has 1 aliphatic heterocycles. The van der Waals surface area contributed by atoms with E-state index in [4.69, 9.17) is 0 Å². The van der Waals surface area contributed by atoms with Crippen molar-refractivity contribution in [3.63, 3.8) is 0 Å². The molecule has 0 aromatic carbocycles. The Hall–Kier alpha value is -1.10. The summed E-state index contributed by atoms with van der Waals surface area (Å²) in [5.74, 6) is 0.0420. The van der Waals surface area contributed by atoms with E-state index in [1.807, 2.05) is 7.05 Å². The van der Waals surface area contributed by atoms with Crippen LogP contribution in [-0.2, 0) is 9.59 Å². The quantitative estimate of drug-likeness (QED) is 0.786. The average molecular weight is 267 g/mol. The molecular formula is C14H25N3O2. The Morgan fingerprint density at radius 3 is 2.58 bits per heavy atom. The molecule has 2 aliphatic rings. The van der Waals surface area contributed by atoms with Crippen LogP contribution in [0, 0.1) is 0 Å². The van der Waals surface area contributed by atoms with Crippen LogP contribution < -0.4 is 10.6 Å². The average Bonchev–Trinajstić information content (AvgIpc) is 2.72. The first-order valence-corrected chi connectivity index (χ1v) is 7.30. The lowest BCUT2D eigenvalue weighted by Crippen LogP contribution is -2.50. The monoisotopic (exact) mass is 267 g/mol. The normalized spacial score (nSPS) is 26.5. The van der Waals surface area contributed by atoms with Gasteiger partial charge in [-0.3, -0.25) is 9.59 Å². The lowest BCUT2D eigenvalue weighted by atomic mass is 9.79. The Morgan fingerprint density at radius 2 is 2.05 bits per heavy atom. The third-order valence-corrected chi connectivity index (χ3v) is 4.60. The molecule has 0 bridgehead atoms. The molecule has 1 heterocycles. The highest BCUT2D eigenvalue weighted by Gasteiger charge is 2.35. The molecule has 108 valence electrons. The van der Waals surface area contributed by atoms with Crippen molar-refractivity contribution in [3.8, 4) is 0 Å². The summed E-state index contributed by atoms with van der Waals surface area (Å²) in [5, 5.41) is 6.23. The summed E-state index contributed by atoms with van der Waals surface area (Å²) in [4.78, 5) is 25.6. The van der Waals surface area contributed by atoms with Crippen molar-refractivity contribution < 1.29 is 9.59 Å². The van der Waals surface area contributed by atoms with Crippen LogP contribution in [0.1, 0.15) is 44.9 Å². The molecule has 5 nitrogen and oxygen atoms in total. The van der Waals surface area contributed by atoms with Crippen LogP contribution in [0.15, 0.2) is 0 Å². The molecule has 1 atom stereocenters. The zero-order valence-corrected chi connectivity index (χ0v) is 12.0. The van der Waals surface area contributed by atoms with E-state index in [0.717, 1.165) is 25.8 Å².